The van der Waals surface area contributed by atoms with Gasteiger partial charge in [0.05, 0.1) is 6.10 Å². The molecule has 0 aromatic carbocycles. The topological polar surface area (TPSA) is 68.4 Å². The predicted molar refractivity (Wildman–Crippen MR) is 77.5 cm³/mol. The highest BCUT2D eigenvalue weighted by Gasteiger charge is 2.52. The standard InChI is InChI=1S/C16H24N2O2/c1-15(2,3)7-10-6-11-12(17)8-16(5-4-13(16)19)20-14(11)18-9-10/h6,9,12-13,19H,4-5,7-8,17H2,1-3H3/t12-,13-,16-/m0/s1. The van der Waals surface area contributed by atoms with Crippen molar-refractivity contribution in [3.8, 4) is 5.88 Å². The lowest BCUT2D eigenvalue weighted by Crippen LogP contribution is -2.59. The molecule has 3 rings (SSSR count). The molecule has 0 saturated heterocycles. The smallest absolute Gasteiger partial charge is 0.218 e. The van der Waals surface area contributed by atoms with Crippen LogP contribution in [0.4, 0.5) is 0 Å². The third-order valence-electron chi connectivity index (χ3n) is 4.38. The zero-order chi connectivity index (χ0) is 14.5. The maximum absolute atomic E-state index is 9.97. The normalized spacial score (nSPS) is 32.5. The molecule has 4 heteroatoms. The Kier molecular flexibility index (Phi) is 3.07. The Labute approximate surface area is 120 Å². The Morgan fingerprint density at radius 2 is 2.25 bits per heavy atom. The van der Waals surface area contributed by atoms with E-state index in [4.69, 9.17) is 10.5 Å². The molecule has 1 aromatic heterocycles. The Balaban J connectivity index is 1.88. The first-order chi connectivity index (χ1) is 9.29. The van der Waals surface area contributed by atoms with Crippen LogP contribution in [0.3, 0.4) is 0 Å². The van der Waals surface area contributed by atoms with Gasteiger partial charge in [0, 0.05) is 24.2 Å². The van der Waals surface area contributed by atoms with Crippen molar-refractivity contribution in [2.75, 3.05) is 0 Å². The molecule has 0 amide bonds. The minimum absolute atomic E-state index is 0.0962. The third kappa shape index (κ3) is 2.31. The molecule has 110 valence electrons. The molecule has 1 aromatic rings. The van der Waals surface area contributed by atoms with Crippen molar-refractivity contribution in [3.05, 3.63) is 23.4 Å². The molecule has 2 aliphatic rings. The minimum Gasteiger partial charge on any atom is -0.468 e. The second kappa shape index (κ2) is 4.43. The quantitative estimate of drug-likeness (QED) is 0.826. The molecule has 1 fully saturated rings. The van der Waals surface area contributed by atoms with Crippen LogP contribution in [0, 0.1) is 5.41 Å². The molecular formula is C16H24N2O2. The molecule has 1 saturated carbocycles. The van der Waals surface area contributed by atoms with Gasteiger partial charge in [0.25, 0.3) is 0 Å². The number of nitrogens with zero attached hydrogens (tertiary/aromatic N) is 1. The van der Waals surface area contributed by atoms with E-state index in [-0.39, 0.29) is 11.5 Å². The Morgan fingerprint density at radius 1 is 1.50 bits per heavy atom. The molecule has 0 bridgehead atoms. The van der Waals surface area contributed by atoms with Crippen LogP contribution < -0.4 is 10.5 Å². The first-order valence-electron chi connectivity index (χ1n) is 7.41. The summed E-state index contributed by atoms with van der Waals surface area (Å²) in [5, 5.41) is 9.97. The number of rotatable bonds is 1. The molecule has 4 nitrogen and oxygen atoms in total. The molecule has 3 N–H and O–H groups in total. The molecular weight excluding hydrogens is 252 g/mol. The van der Waals surface area contributed by atoms with Gasteiger partial charge >= 0.3 is 0 Å². The van der Waals surface area contributed by atoms with Gasteiger partial charge in [0.2, 0.25) is 5.88 Å². The zero-order valence-corrected chi connectivity index (χ0v) is 12.5. The molecule has 1 aliphatic heterocycles. The Hall–Kier alpha value is -1.13. The second-order valence-corrected chi connectivity index (χ2v) is 7.51. The van der Waals surface area contributed by atoms with E-state index in [1.54, 1.807) is 0 Å². The first-order valence-corrected chi connectivity index (χ1v) is 7.41. The third-order valence-corrected chi connectivity index (χ3v) is 4.38. The lowest BCUT2D eigenvalue weighted by molar-refractivity contribution is -0.142. The number of aliphatic hydroxyl groups excluding tert-OH is 1. The SMILES string of the molecule is CC(C)(C)Cc1cnc2c(c1)[C@@H](N)C[C@]1(CC[C@@H]1O)O2. The number of ether oxygens (including phenoxy) is 1. The average molecular weight is 276 g/mol. The summed E-state index contributed by atoms with van der Waals surface area (Å²) >= 11 is 0. The number of fused-ring (bicyclic) bond motifs is 1. The van der Waals surface area contributed by atoms with E-state index in [1.165, 1.54) is 5.56 Å². The molecule has 1 aliphatic carbocycles. The summed E-state index contributed by atoms with van der Waals surface area (Å²) in [7, 11) is 0. The lowest BCUT2D eigenvalue weighted by atomic mass is 9.71. The monoisotopic (exact) mass is 276 g/mol. The van der Waals surface area contributed by atoms with Crippen LogP contribution in [0.15, 0.2) is 12.3 Å². The van der Waals surface area contributed by atoms with Crippen LogP contribution >= 0.6 is 0 Å². The van der Waals surface area contributed by atoms with E-state index in [2.05, 4.69) is 31.8 Å². The second-order valence-electron chi connectivity index (χ2n) is 7.51. The number of hydrogen-bond donors (Lipinski definition) is 2. The van der Waals surface area contributed by atoms with Crippen LogP contribution in [0.25, 0.3) is 0 Å². The summed E-state index contributed by atoms with van der Waals surface area (Å²) in [6.07, 6.45) is 4.78. The van der Waals surface area contributed by atoms with Crippen LogP contribution in [0.5, 0.6) is 5.88 Å². The first kappa shape index (κ1) is 13.8. The molecule has 0 radical (unpaired) electrons. The molecule has 2 heterocycles. The number of nitrogens with two attached hydrogens (primary N) is 1. The van der Waals surface area contributed by atoms with Crippen LogP contribution in [-0.2, 0) is 6.42 Å². The van der Waals surface area contributed by atoms with Crippen LogP contribution in [-0.4, -0.2) is 21.8 Å². The van der Waals surface area contributed by atoms with E-state index in [1.807, 2.05) is 6.20 Å². The summed E-state index contributed by atoms with van der Waals surface area (Å²) in [5.74, 6) is 0.611. The van der Waals surface area contributed by atoms with Gasteiger partial charge in [-0.3, -0.25) is 0 Å². The number of aliphatic hydroxyl groups is 1. The van der Waals surface area contributed by atoms with Crippen molar-refractivity contribution in [1.82, 2.24) is 4.98 Å². The van der Waals surface area contributed by atoms with Crippen molar-refractivity contribution >= 4 is 0 Å². The van der Waals surface area contributed by atoms with Gasteiger partial charge in [-0.25, -0.2) is 4.98 Å². The van der Waals surface area contributed by atoms with Crippen molar-refractivity contribution in [2.45, 2.75) is 64.2 Å². The van der Waals surface area contributed by atoms with Gasteiger partial charge in [0.1, 0.15) is 5.60 Å². The average Bonchev–Trinajstić information content (AvgIpc) is 2.35. The van der Waals surface area contributed by atoms with Crippen molar-refractivity contribution in [3.63, 3.8) is 0 Å². The number of pyridine rings is 1. The van der Waals surface area contributed by atoms with Gasteiger partial charge in [-0.05, 0) is 36.3 Å². The number of hydrogen-bond acceptors (Lipinski definition) is 4. The molecule has 1 spiro atoms. The Bertz CT molecular complexity index is 524. The van der Waals surface area contributed by atoms with E-state index in [9.17, 15) is 5.11 Å². The van der Waals surface area contributed by atoms with Gasteiger partial charge in [-0.2, -0.15) is 0 Å². The highest BCUT2D eigenvalue weighted by atomic mass is 16.5. The summed E-state index contributed by atoms with van der Waals surface area (Å²) in [6.45, 7) is 6.63. The fourth-order valence-electron chi connectivity index (χ4n) is 3.24. The van der Waals surface area contributed by atoms with Gasteiger partial charge in [-0.15, -0.1) is 0 Å². The van der Waals surface area contributed by atoms with Crippen LogP contribution in [0.2, 0.25) is 0 Å². The maximum atomic E-state index is 9.97. The predicted octanol–water partition coefficient (Wildman–Crippen LogP) is 2.35. The zero-order valence-electron chi connectivity index (χ0n) is 12.5. The molecule has 3 atom stereocenters. The van der Waals surface area contributed by atoms with E-state index in [0.717, 1.165) is 24.8 Å². The summed E-state index contributed by atoms with van der Waals surface area (Å²) in [6, 6.07) is 2.03. The minimum atomic E-state index is -0.481. The largest absolute Gasteiger partial charge is 0.468 e. The van der Waals surface area contributed by atoms with E-state index in [0.29, 0.717) is 12.3 Å². The van der Waals surface area contributed by atoms with Crippen molar-refractivity contribution < 1.29 is 9.84 Å². The molecule has 20 heavy (non-hydrogen) atoms. The molecule has 0 unspecified atom stereocenters. The highest BCUT2D eigenvalue weighted by Crippen LogP contribution is 2.47. The van der Waals surface area contributed by atoms with Gasteiger partial charge in [-0.1, -0.05) is 20.8 Å². The van der Waals surface area contributed by atoms with Gasteiger partial charge in [0.15, 0.2) is 0 Å². The van der Waals surface area contributed by atoms with E-state index >= 15 is 0 Å². The van der Waals surface area contributed by atoms with E-state index < -0.39 is 11.7 Å². The highest BCUT2D eigenvalue weighted by molar-refractivity contribution is 5.37. The number of aromatic nitrogens is 1. The maximum Gasteiger partial charge on any atom is 0.218 e. The summed E-state index contributed by atoms with van der Waals surface area (Å²) in [4.78, 5) is 4.45. The van der Waals surface area contributed by atoms with Crippen molar-refractivity contribution in [2.24, 2.45) is 11.1 Å². The van der Waals surface area contributed by atoms with Crippen molar-refractivity contribution in [1.29, 1.82) is 0 Å². The summed E-state index contributed by atoms with van der Waals surface area (Å²) < 4.78 is 5.98. The lowest BCUT2D eigenvalue weighted by Gasteiger charge is -2.50. The fourth-order valence-corrected chi connectivity index (χ4v) is 3.24. The fraction of sp³-hybridized carbons (Fsp3) is 0.688. The van der Waals surface area contributed by atoms with Gasteiger partial charge < -0.3 is 15.6 Å². The summed E-state index contributed by atoms with van der Waals surface area (Å²) in [5.41, 5.74) is 8.21. The Morgan fingerprint density at radius 3 is 2.80 bits per heavy atom. The van der Waals surface area contributed by atoms with Crippen LogP contribution in [0.1, 0.15) is 57.2 Å².